The smallest absolute Gasteiger partial charge is 0.320 e. The fourth-order valence-electron chi connectivity index (χ4n) is 4.37. The molecule has 1 heterocycles. The van der Waals surface area contributed by atoms with Crippen molar-refractivity contribution in [1.82, 2.24) is 15.1 Å². The van der Waals surface area contributed by atoms with Gasteiger partial charge in [0.1, 0.15) is 5.75 Å². The van der Waals surface area contributed by atoms with E-state index in [4.69, 9.17) is 27.9 Å². The fraction of sp³-hybridized carbons (Fsp3) is 0.417. The van der Waals surface area contributed by atoms with Gasteiger partial charge >= 0.3 is 6.03 Å². The van der Waals surface area contributed by atoms with E-state index in [0.29, 0.717) is 28.9 Å². The first kappa shape index (κ1) is 22.7. The SMILES string of the molecule is CN1C(=O)N(CCC2(NC(=O)COc3ccc(Cl)cc3)CCC2)C[C@H]1c1ccc(Cl)cc1. The monoisotopic (exact) mass is 475 g/mol. The van der Waals surface area contributed by atoms with Crippen LogP contribution >= 0.6 is 23.2 Å². The molecule has 6 nitrogen and oxygen atoms in total. The summed E-state index contributed by atoms with van der Waals surface area (Å²) in [6.45, 7) is 1.18. The molecule has 2 fully saturated rings. The molecular weight excluding hydrogens is 449 g/mol. The van der Waals surface area contributed by atoms with Crippen LogP contribution in [0.2, 0.25) is 10.0 Å². The molecule has 32 heavy (non-hydrogen) atoms. The molecule has 0 aromatic heterocycles. The minimum atomic E-state index is -0.266. The quantitative estimate of drug-likeness (QED) is 0.589. The van der Waals surface area contributed by atoms with E-state index in [-0.39, 0.29) is 30.1 Å². The summed E-state index contributed by atoms with van der Waals surface area (Å²) in [4.78, 5) is 28.9. The third kappa shape index (κ3) is 5.13. The summed E-state index contributed by atoms with van der Waals surface area (Å²) in [6.07, 6.45) is 3.63. The van der Waals surface area contributed by atoms with Gasteiger partial charge in [-0.1, -0.05) is 35.3 Å². The Kier molecular flexibility index (Phi) is 6.82. The molecule has 3 amide bonds. The van der Waals surface area contributed by atoms with Gasteiger partial charge in [-0.25, -0.2) is 4.79 Å². The second-order valence-corrected chi connectivity index (χ2v) is 9.45. The van der Waals surface area contributed by atoms with E-state index < -0.39 is 0 Å². The van der Waals surface area contributed by atoms with Crippen LogP contribution in [0.15, 0.2) is 48.5 Å². The van der Waals surface area contributed by atoms with Gasteiger partial charge in [0.2, 0.25) is 0 Å². The number of hydrogen-bond donors (Lipinski definition) is 1. The van der Waals surface area contributed by atoms with Gasteiger partial charge in [0, 0.05) is 35.7 Å². The lowest BCUT2D eigenvalue weighted by atomic mass is 9.74. The Morgan fingerprint density at radius 1 is 1.09 bits per heavy atom. The highest BCUT2D eigenvalue weighted by Crippen LogP contribution is 2.36. The number of hydrogen-bond acceptors (Lipinski definition) is 3. The zero-order chi connectivity index (χ0) is 22.7. The van der Waals surface area contributed by atoms with Gasteiger partial charge in [-0.2, -0.15) is 0 Å². The standard InChI is InChI=1S/C24H27Cl2N3O3/c1-28-21(17-3-5-18(25)6-4-17)15-29(23(28)31)14-13-24(11-2-12-24)27-22(30)16-32-20-9-7-19(26)8-10-20/h3-10,21H,2,11-16H2,1H3,(H,27,30)/t21-/m0/s1. The van der Waals surface area contributed by atoms with Gasteiger partial charge < -0.3 is 19.9 Å². The Bertz CT molecular complexity index is 961. The molecule has 1 atom stereocenters. The van der Waals surface area contributed by atoms with E-state index in [0.717, 1.165) is 31.2 Å². The normalized spacial score (nSPS) is 19.6. The summed E-state index contributed by atoms with van der Waals surface area (Å²) in [5, 5.41) is 4.46. The molecule has 8 heteroatoms. The minimum absolute atomic E-state index is 0.000487. The number of carbonyl (C=O) groups excluding carboxylic acids is 2. The molecule has 0 unspecified atom stereocenters. The van der Waals surface area contributed by atoms with Gasteiger partial charge in [0.25, 0.3) is 5.91 Å². The highest BCUT2D eigenvalue weighted by molar-refractivity contribution is 6.30. The zero-order valence-electron chi connectivity index (χ0n) is 18.0. The maximum Gasteiger partial charge on any atom is 0.320 e. The van der Waals surface area contributed by atoms with E-state index in [9.17, 15) is 9.59 Å². The second kappa shape index (κ2) is 9.59. The van der Waals surface area contributed by atoms with Crippen LogP contribution in [0, 0.1) is 0 Å². The topological polar surface area (TPSA) is 61.9 Å². The molecule has 1 saturated heterocycles. The number of ether oxygens (including phenoxy) is 1. The molecule has 0 spiro atoms. The second-order valence-electron chi connectivity index (χ2n) is 8.58. The van der Waals surface area contributed by atoms with Crippen molar-refractivity contribution >= 4 is 35.1 Å². The Morgan fingerprint density at radius 3 is 2.31 bits per heavy atom. The third-order valence-corrected chi connectivity index (χ3v) is 6.95. The first-order valence-corrected chi connectivity index (χ1v) is 11.6. The van der Waals surface area contributed by atoms with Crippen molar-refractivity contribution in [3.63, 3.8) is 0 Å². The van der Waals surface area contributed by atoms with Crippen molar-refractivity contribution in [2.75, 3.05) is 26.7 Å². The molecule has 1 saturated carbocycles. The van der Waals surface area contributed by atoms with Crippen molar-refractivity contribution in [2.45, 2.75) is 37.3 Å². The summed E-state index contributed by atoms with van der Waals surface area (Å²) in [6, 6.07) is 14.6. The molecule has 1 aliphatic heterocycles. The van der Waals surface area contributed by atoms with E-state index in [1.165, 1.54) is 0 Å². The van der Waals surface area contributed by atoms with Gasteiger partial charge in [-0.15, -0.1) is 0 Å². The van der Waals surface area contributed by atoms with Gasteiger partial charge in [-0.05, 0) is 67.6 Å². The Balaban J connectivity index is 1.30. The van der Waals surface area contributed by atoms with Gasteiger partial charge in [0.05, 0.1) is 6.04 Å². The number of nitrogens with one attached hydrogen (secondary N) is 1. The van der Waals surface area contributed by atoms with Crippen LogP contribution in [0.4, 0.5) is 4.79 Å². The highest BCUT2D eigenvalue weighted by atomic mass is 35.5. The summed E-state index contributed by atoms with van der Waals surface area (Å²) >= 11 is 11.9. The molecule has 4 rings (SSSR count). The summed E-state index contributed by atoms with van der Waals surface area (Å²) in [7, 11) is 1.83. The molecule has 0 radical (unpaired) electrons. The largest absolute Gasteiger partial charge is 0.484 e. The molecule has 1 aliphatic carbocycles. The van der Waals surface area contributed by atoms with Crippen LogP contribution < -0.4 is 10.1 Å². The van der Waals surface area contributed by atoms with Crippen LogP contribution in [-0.4, -0.2) is 54.0 Å². The predicted molar refractivity (Wildman–Crippen MR) is 125 cm³/mol. The molecule has 0 bridgehead atoms. The molecule has 2 aromatic carbocycles. The van der Waals surface area contributed by atoms with E-state index in [2.05, 4.69) is 5.32 Å². The van der Waals surface area contributed by atoms with Crippen LogP contribution in [0.25, 0.3) is 0 Å². The van der Waals surface area contributed by atoms with Gasteiger partial charge in [0.15, 0.2) is 6.61 Å². The van der Waals surface area contributed by atoms with Gasteiger partial charge in [-0.3, -0.25) is 4.79 Å². The van der Waals surface area contributed by atoms with E-state index in [1.54, 1.807) is 29.2 Å². The number of carbonyl (C=O) groups is 2. The Labute approximate surface area is 198 Å². The number of halogens is 2. The molecule has 2 aromatic rings. The molecule has 2 aliphatic rings. The van der Waals surface area contributed by atoms with E-state index in [1.807, 2.05) is 36.2 Å². The highest BCUT2D eigenvalue weighted by Gasteiger charge is 2.41. The number of likely N-dealkylation sites (N-methyl/N-ethyl adjacent to an activating group) is 1. The third-order valence-electron chi connectivity index (χ3n) is 6.45. The van der Waals surface area contributed by atoms with Crippen molar-refractivity contribution < 1.29 is 14.3 Å². The van der Waals surface area contributed by atoms with Crippen molar-refractivity contribution in [3.8, 4) is 5.75 Å². The lowest BCUT2D eigenvalue weighted by molar-refractivity contribution is -0.126. The number of rotatable bonds is 8. The lowest BCUT2D eigenvalue weighted by Crippen LogP contribution is -2.56. The summed E-state index contributed by atoms with van der Waals surface area (Å²) in [5.41, 5.74) is 0.802. The lowest BCUT2D eigenvalue weighted by Gasteiger charge is -2.43. The molecule has 1 N–H and O–H groups in total. The predicted octanol–water partition coefficient (Wildman–Crippen LogP) is 4.91. The fourth-order valence-corrected chi connectivity index (χ4v) is 4.62. The Hall–Kier alpha value is -2.44. The van der Waals surface area contributed by atoms with Crippen molar-refractivity contribution in [2.24, 2.45) is 0 Å². The van der Waals surface area contributed by atoms with Crippen LogP contribution in [-0.2, 0) is 4.79 Å². The number of nitrogens with zero attached hydrogens (tertiary/aromatic N) is 2. The average Bonchev–Trinajstić information content (AvgIpc) is 3.04. The van der Waals surface area contributed by atoms with Crippen molar-refractivity contribution in [3.05, 3.63) is 64.1 Å². The average molecular weight is 476 g/mol. The molecule has 170 valence electrons. The minimum Gasteiger partial charge on any atom is -0.484 e. The maximum absolute atomic E-state index is 12.8. The number of urea groups is 1. The van der Waals surface area contributed by atoms with Crippen LogP contribution in [0.3, 0.4) is 0 Å². The van der Waals surface area contributed by atoms with Crippen LogP contribution in [0.1, 0.15) is 37.3 Å². The first-order chi connectivity index (χ1) is 15.3. The Morgan fingerprint density at radius 2 is 1.72 bits per heavy atom. The van der Waals surface area contributed by atoms with Crippen LogP contribution in [0.5, 0.6) is 5.75 Å². The first-order valence-electron chi connectivity index (χ1n) is 10.8. The maximum atomic E-state index is 12.8. The summed E-state index contributed by atoms with van der Waals surface area (Å²) < 4.78 is 5.57. The summed E-state index contributed by atoms with van der Waals surface area (Å²) in [5.74, 6) is 0.453. The van der Waals surface area contributed by atoms with E-state index >= 15 is 0 Å². The molecular formula is C24H27Cl2N3O3. The number of amides is 3. The zero-order valence-corrected chi connectivity index (χ0v) is 19.5. The van der Waals surface area contributed by atoms with Crippen molar-refractivity contribution in [1.29, 1.82) is 0 Å². The number of benzene rings is 2.